The van der Waals surface area contributed by atoms with Gasteiger partial charge in [-0.3, -0.25) is 0 Å². The molecule has 0 unspecified atom stereocenters. The molecule has 20 heavy (non-hydrogen) atoms. The van der Waals surface area contributed by atoms with Crippen LogP contribution in [0.25, 0.3) is 0 Å². The maximum atomic E-state index is 6.20. The Morgan fingerprint density at radius 3 is 2.75 bits per heavy atom. The topological polar surface area (TPSA) is 9.23 Å². The number of ether oxygens (including phenoxy) is 1. The van der Waals surface area contributed by atoms with Gasteiger partial charge in [0.2, 0.25) is 0 Å². The second kappa shape index (κ2) is 7.44. The highest BCUT2D eigenvalue weighted by atomic mass is 16.5. The van der Waals surface area contributed by atoms with Gasteiger partial charge < -0.3 is 4.74 Å². The molecule has 1 aliphatic rings. The van der Waals surface area contributed by atoms with Gasteiger partial charge in [0.1, 0.15) is 0 Å². The van der Waals surface area contributed by atoms with Crippen LogP contribution in [0, 0.1) is 11.8 Å². The van der Waals surface area contributed by atoms with Gasteiger partial charge in [-0.2, -0.15) is 0 Å². The number of rotatable bonds is 5. The molecule has 1 aliphatic carbocycles. The Morgan fingerprint density at radius 2 is 2.05 bits per heavy atom. The van der Waals surface area contributed by atoms with E-state index < -0.39 is 0 Å². The quantitative estimate of drug-likeness (QED) is 0.673. The first-order valence-corrected chi connectivity index (χ1v) is 7.64. The molecule has 0 radical (unpaired) electrons. The van der Waals surface area contributed by atoms with Crippen LogP contribution >= 0.6 is 0 Å². The SMILES string of the molecule is C=C(C)C=C[C@@H]1CC[C@@H](C)C[C@H]1OCc1ccccc1. The molecule has 0 N–H and O–H groups in total. The summed E-state index contributed by atoms with van der Waals surface area (Å²) in [6, 6.07) is 10.4. The normalized spacial score (nSPS) is 26.8. The summed E-state index contributed by atoms with van der Waals surface area (Å²) in [5, 5.41) is 0. The first-order chi connectivity index (χ1) is 9.65. The average molecular weight is 270 g/mol. The molecule has 0 spiro atoms. The van der Waals surface area contributed by atoms with Crippen LogP contribution in [0.1, 0.15) is 38.7 Å². The van der Waals surface area contributed by atoms with Gasteiger partial charge in [-0.25, -0.2) is 0 Å². The third-order valence-corrected chi connectivity index (χ3v) is 4.04. The standard InChI is InChI=1S/C19H26O/c1-15(2)9-11-18-12-10-16(3)13-19(18)20-14-17-7-5-4-6-8-17/h4-9,11,16,18-19H,1,10,12-14H2,2-3H3/t16-,18-,19-/m1/s1. The molecule has 0 aliphatic heterocycles. The summed E-state index contributed by atoms with van der Waals surface area (Å²) in [4.78, 5) is 0. The van der Waals surface area contributed by atoms with Crippen LogP contribution in [0.4, 0.5) is 0 Å². The zero-order chi connectivity index (χ0) is 14.4. The molecule has 1 aromatic carbocycles. The maximum Gasteiger partial charge on any atom is 0.0720 e. The molecule has 108 valence electrons. The fraction of sp³-hybridized carbons (Fsp3) is 0.474. The number of allylic oxidation sites excluding steroid dienone is 2. The molecule has 1 aromatic rings. The van der Waals surface area contributed by atoms with Crippen LogP contribution in [-0.2, 0) is 11.3 Å². The summed E-state index contributed by atoms with van der Waals surface area (Å²) in [6.45, 7) is 9.04. The zero-order valence-electron chi connectivity index (χ0n) is 12.7. The lowest BCUT2D eigenvalue weighted by Crippen LogP contribution is -2.30. The highest BCUT2D eigenvalue weighted by Gasteiger charge is 2.27. The predicted molar refractivity (Wildman–Crippen MR) is 85.5 cm³/mol. The number of hydrogen-bond donors (Lipinski definition) is 0. The Labute approximate surface area is 123 Å². The first kappa shape index (κ1) is 15.1. The third kappa shape index (κ3) is 4.64. The largest absolute Gasteiger partial charge is 0.373 e. The molecular formula is C19H26O. The van der Waals surface area contributed by atoms with Crippen molar-refractivity contribution < 1.29 is 4.74 Å². The van der Waals surface area contributed by atoms with E-state index in [1.807, 2.05) is 13.0 Å². The van der Waals surface area contributed by atoms with Gasteiger partial charge in [0.25, 0.3) is 0 Å². The highest BCUT2D eigenvalue weighted by Crippen LogP contribution is 2.32. The van der Waals surface area contributed by atoms with E-state index in [4.69, 9.17) is 4.74 Å². The van der Waals surface area contributed by atoms with Crippen molar-refractivity contribution in [3.8, 4) is 0 Å². The fourth-order valence-corrected chi connectivity index (χ4v) is 2.83. The molecule has 0 heterocycles. The van der Waals surface area contributed by atoms with Gasteiger partial charge in [-0.15, -0.1) is 0 Å². The van der Waals surface area contributed by atoms with Gasteiger partial charge in [-0.1, -0.05) is 61.6 Å². The maximum absolute atomic E-state index is 6.20. The summed E-state index contributed by atoms with van der Waals surface area (Å²) < 4.78 is 6.20. The van der Waals surface area contributed by atoms with Crippen molar-refractivity contribution in [1.29, 1.82) is 0 Å². The zero-order valence-corrected chi connectivity index (χ0v) is 12.7. The lowest BCUT2D eigenvalue weighted by molar-refractivity contribution is -0.0194. The minimum absolute atomic E-state index is 0.342. The van der Waals surface area contributed by atoms with E-state index in [9.17, 15) is 0 Å². The number of hydrogen-bond acceptors (Lipinski definition) is 1. The van der Waals surface area contributed by atoms with Crippen LogP contribution < -0.4 is 0 Å². The van der Waals surface area contributed by atoms with Crippen molar-refractivity contribution in [2.75, 3.05) is 0 Å². The molecular weight excluding hydrogens is 244 g/mol. The third-order valence-electron chi connectivity index (χ3n) is 4.04. The lowest BCUT2D eigenvalue weighted by atomic mass is 9.80. The molecule has 2 rings (SSSR count). The van der Waals surface area contributed by atoms with Crippen LogP contribution in [0.3, 0.4) is 0 Å². The van der Waals surface area contributed by atoms with Crippen LogP contribution in [0.5, 0.6) is 0 Å². The van der Waals surface area contributed by atoms with Crippen molar-refractivity contribution in [2.45, 2.75) is 45.8 Å². The minimum Gasteiger partial charge on any atom is -0.373 e. The van der Waals surface area contributed by atoms with Gasteiger partial charge in [0, 0.05) is 5.92 Å². The summed E-state index contributed by atoms with van der Waals surface area (Å²) in [5.74, 6) is 1.30. The summed E-state index contributed by atoms with van der Waals surface area (Å²) in [6.07, 6.45) is 8.47. The Balaban J connectivity index is 1.95. The van der Waals surface area contributed by atoms with E-state index >= 15 is 0 Å². The van der Waals surface area contributed by atoms with E-state index in [-0.39, 0.29) is 0 Å². The highest BCUT2D eigenvalue weighted by molar-refractivity contribution is 5.14. The average Bonchev–Trinajstić information content (AvgIpc) is 2.45. The predicted octanol–water partition coefficient (Wildman–Crippen LogP) is 5.14. The monoisotopic (exact) mass is 270 g/mol. The Morgan fingerprint density at radius 1 is 1.30 bits per heavy atom. The lowest BCUT2D eigenvalue weighted by Gasteiger charge is -2.33. The molecule has 0 bridgehead atoms. The fourth-order valence-electron chi connectivity index (χ4n) is 2.83. The van der Waals surface area contributed by atoms with E-state index in [0.717, 1.165) is 24.5 Å². The van der Waals surface area contributed by atoms with Gasteiger partial charge in [-0.05, 0) is 37.7 Å². The van der Waals surface area contributed by atoms with Gasteiger partial charge in [0.15, 0.2) is 0 Å². The second-order valence-corrected chi connectivity index (χ2v) is 6.12. The number of benzene rings is 1. The Bertz CT molecular complexity index is 446. The molecule has 1 saturated carbocycles. The molecule has 1 heteroatoms. The molecule has 0 saturated heterocycles. The van der Waals surface area contributed by atoms with Crippen molar-refractivity contribution in [1.82, 2.24) is 0 Å². The van der Waals surface area contributed by atoms with Gasteiger partial charge >= 0.3 is 0 Å². The smallest absolute Gasteiger partial charge is 0.0720 e. The van der Waals surface area contributed by atoms with E-state index in [2.05, 4.69) is 49.9 Å². The van der Waals surface area contributed by atoms with E-state index in [1.165, 1.54) is 18.4 Å². The van der Waals surface area contributed by atoms with E-state index in [1.54, 1.807) is 0 Å². The van der Waals surface area contributed by atoms with Crippen molar-refractivity contribution in [2.24, 2.45) is 11.8 Å². The molecule has 0 amide bonds. The summed E-state index contributed by atoms with van der Waals surface area (Å²) >= 11 is 0. The molecule has 0 aromatic heterocycles. The summed E-state index contributed by atoms with van der Waals surface area (Å²) in [5.41, 5.74) is 2.37. The first-order valence-electron chi connectivity index (χ1n) is 7.64. The van der Waals surface area contributed by atoms with Crippen molar-refractivity contribution >= 4 is 0 Å². The van der Waals surface area contributed by atoms with Crippen LogP contribution in [0.15, 0.2) is 54.6 Å². The summed E-state index contributed by atoms with van der Waals surface area (Å²) in [7, 11) is 0. The van der Waals surface area contributed by atoms with Crippen molar-refractivity contribution in [3.05, 3.63) is 60.2 Å². The Kier molecular flexibility index (Phi) is 5.60. The van der Waals surface area contributed by atoms with E-state index in [0.29, 0.717) is 12.0 Å². The molecule has 3 atom stereocenters. The van der Waals surface area contributed by atoms with Crippen LogP contribution in [-0.4, -0.2) is 6.10 Å². The Hall–Kier alpha value is -1.34. The molecule has 1 fully saturated rings. The molecule has 1 nitrogen and oxygen atoms in total. The van der Waals surface area contributed by atoms with Crippen molar-refractivity contribution in [3.63, 3.8) is 0 Å². The van der Waals surface area contributed by atoms with Crippen LogP contribution in [0.2, 0.25) is 0 Å². The second-order valence-electron chi connectivity index (χ2n) is 6.12. The minimum atomic E-state index is 0.342. The van der Waals surface area contributed by atoms with Gasteiger partial charge in [0.05, 0.1) is 12.7 Å².